The highest BCUT2D eigenvalue weighted by Gasteiger charge is 2.39. The second kappa shape index (κ2) is 8.89. The summed E-state index contributed by atoms with van der Waals surface area (Å²) in [5, 5.41) is -0.164. The van der Waals surface area contributed by atoms with E-state index in [1.165, 1.54) is 38.5 Å². The monoisotopic (exact) mass is 415 g/mol. The molecule has 2 aromatic carbocycles. The minimum absolute atomic E-state index is 0.113. The Balaban J connectivity index is 1.80. The van der Waals surface area contributed by atoms with Crippen molar-refractivity contribution in [1.82, 2.24) is 0 Å². The highest BCUT2D eigenvalue weighted by Crippen LogP contribution is 2.35. The molecular weight excluding hydrogens is 398 g/mol. The van der Waals surface area contributed by atoms with Crippen LogP contribution in [-0.2, 0) is 19.1 Å². The van der Waals surface area contributed by atoms with Gasteiger partial charge < -0.3 is 14.2 Å². The van der Waals surface area contributed by atoms with Gasteiger partial charge in [0.05, 0.1) is 30.5 Å². The van der Waals surface area contributed by atoms with E-state index in [1.54, 1.807) is 24.3 Å². The Morgan fingerprint density at radius 3 is 2.17 bits per heavy atom. The number of hydrogen-bond acceptors (Lipinski definition) is 6. The number of ether oxygens (including phenoxy) is 3. The van der Waals surface area contributed by atoms with Crippen LogP contribution in [0.2, 0.25) is 0 Å². The van der Waals surface area contributed by atoms with Gasteiger partial charge in [0.15, 0.2) is 0 Å². The van der Waals surface area contributed by atoms with Crippen molar-refractivity contribution >= 4 is 40.6 Å². The number of imide groups is 1. The van der Waals surface area contributed by atoms with Crippen molar-refractivity contribution in [1.29, 1.82) is 0 Å². The standard InChI is InChI=1S/C21H18ClNO6/c1-27-11-12-29-21(26)14-3-7-15(8-4-14)23-19(24)17(18(22)20(23)25)13-5-9-16(28-2)10-6-13/h3-10H,11-12H2,1-2H3. The van der Waals surface area contributed by atoms with Gasteiger partial charge in [0.1, 0.15) is 17.4 Å². The summed E-state index contributed by atoms with van der Waals surface area (Å²) in [5.74, 6) is -1.08. The summed E-state index contributed by atoms with van der Waals surface area (Å²) in [4.78, 5) is 38.4. The molecule has 7 nitrogen and oxygen atoms in total. The van der Waals surface area contributed by atoms with E-state index < -0.39 is 17.8 Å². The third-order valence-electron chi connectivity index (χ3n) is 4.29. The summed E-state index contributed by atoms with van der Waals surface area (Å²) in [6, 6.07) is 12.6. The minimum Gasteiger partial charge on any atom is -0.497 e. The molecule has 0 N–H and O–H groups in total. The number of methoxy groups -OCH3 is 2. The number of amides is 2. The lowest BCUT2D eigenvalue weighted by molar-refractivity contribution is -0.119. The first kappa shape index (κ1) is 20.6. The van der Waals surface area contributed by atoms with Gasteiger partial charge in [-0.25, -0.2) is 9.69 Å². The summed E-state index contributed by atoms with van der Waals surface area (Å²) in [7, 11) is 3.04. The maximum atomic E-state index is 12.9. The van der Waals surface area contributed by atoms with Crippen LogP contribution in [0.3, 0.4) is 0 Å². The number of carbonyl (C=O) groups excluding carboxylic acids is 3. The molecule has 0 spiro atoms. The number of halogens is 1. The predicted molar refractivity (Wildman–Crippen MR) is 107 cm³/mol. The highest BCUT2D eigenvalue weighted by atomic mass is 35.5. The van der Waals surface area contributed by atoms with Crippen molar-refractivity contribution in [3.05, 3.63) is 64.7 Å². The summed E-state index contributed by atoms with van der Waals surface area (Å²) in [6.07, 6.45) is 0. The average Bonchev–Trinajstić information content (AvgIpc) is 2.96. The molecule has 2 amide bonds. The van der Waals surface area contributed by atoms with Gasteiger partial charge in [-0.15, -0.1) is 0 Å². The topological polar surface area (TPSA) is 82.1 Å². The van der Waals surface area contributed by atoms with Crippen molar-refractivity contribution in [2.45, 2.75) is 0 Å². The fourth-order valence-corrected chi connectivity index (χ4v) is 3.07. The van der Waals surface area contributed by atoms with Crippen LogP contribution in [0.15, 0.2) is 53.6 Å². The Morgan fingerprint density at radius 2 is 1.59 bits per heavy atom. The highest BCUT2D eigenvalue weighted by molar-refractivity contribution is 6.60. The van der Waals surface area contributed by atoms with Crippen LogP contribution < -0.4 is 9.64 Å². The van der Waals surface area contributed by atoms with E-state index >= 15 is 0 Å². The van der Waals surface area contributed by atoms with E-state index in [9.17, 15) is 14.4 Å². The largest absolute Gasteiger partial charge is 0.497 e. The van der Waals surface area contributed by atoms with Crippen molar-refractivity contribution in [3.63, 3.8) is 0 Å². The molecule has 3 rings (SSSR count). The molecule has 0 aromatic heterocycles. The molecule has 0 radical (unpaired) electrons. The van der Waals surface area contributed by atoms with E-state index in [0.29, 0.717) is 29.2 Å². The van der Waals surface area contributed by atoms with Crippen molar-refractivity contribution in [2.24, 2.45) is 0 Å². The Labute approximate surface area is 172 Å². The molecule has 0 bridgehead atoms. The van der Waals surface area contributed by atoms with Crippen LogP contribution in [0.4, 0.5) is 5.69 Å². The van der Waals surface area contributed by atoms with Gasteiger partial charge in [-0.05, 0) is 42.0 Å². The summed E-state index contributed by atoms with van der Waals surface area (Å²) in [6.45, 7) is 0.420. The molecule has 8 heteroatoms. The number of anilines is 1. The van der Waals surface area contributed by atoms with Crippen LogP contribution in [0.1, 0.15) is 15.9 Å². The van der Waals surface area contributed by atoms with Gasteiger partial charge in [-0.1, -0.05) is 23.7 Å². The molecule has 0 fully saturated rings. The maximum absolute atomic E-state index is 12.9. The Kier molecular flexibility index (Phi) is 6.31. The zero-order chi connectivity index (χ0) is 21.0. The SMILES string of the molecule is COCCOC(=O)c1ccc(N2C(=O)C(Cl)=C(c3ccc(OC)cc3)C2=O)cc1. The molecule has 0 saturated heterocycles. The van der Waals surface area contributed by atoms with E-state index in [4.69, 9.17) is 25.8 Å². The molecule has 0 aliphatic carbocycles. The molecule has 0 saturated carbocycles. The molecule has 1 aliphatic rings. The molecule has 29 heavy (non-hydrogen) atoms. The predicted octanol–water partition coefficient (Wildman–Crippen LogP) is 3.02. The van der Waals surface area contributed by atoms with Crippen LogP contribution in [0, 0.1) is 0 Å². The Hall–Kier alpha value is -3.16. The van der Waals surface area contributed by atoms with Crippen molar-refractivity contribution < 1.29 is 28.6 Å². The van der Waals surface area contributed by atoms with Crippen LogP contribution >= 0.6 is 11.6 Å². The van der Waals surface area contributed by atoms with Gasteiger partial charge >= 0.3 is 5.97 Å². The summed E-state index contributed by atoms with van der Waals surface area (Å²) in [5.41, 5.74) is 1.21. The second-order valence-corrected chi connectivity index (χ2v) is 6.42. The molecule has 150 valence electrons. The minimum atomic E-state index is -0.627. The third kappa shape index (κ3) is 4.16. The lowest BCUT2D eigenvalue weighted by atomic mass is 10.1. The number of benzene rings is 2. The maximum Gasteiger partial charge on any atom is 0.338 e. The molecule has 1 aliphatic heterocycles. The van der Waals surface area contributed by atoms with E-state index in [0.717, 1.165) is 4.90 Å². The van der Waals surface area contributed by atoms with Crippen LogP contribution in [0.25, 0.3) is 5.57 Å². The van der Waals surface area contributed by atoms with Crippen molar-refractivity contribution in [2.75, 3.05) is 32.3 Å². The Bertz CT molecular complexity index is 966. The number of carbonyl (C=O) groups is 3. The van der Waals surface area contributed by atoms with Gasteiger partial charge in [0.25, 0.3) is 11.8 Å². The number of esters is 1. The molecule has 0 unspecified atom stereocenters. The number of hydrogen-bond donors (Lipinski definition) is 0. The van der Waals surface area contributed by atoms with Crippen LogP contribution in [-0.4, -0.2) is 45.2 Å². The normalized spacial score (nSPS) is 13.8. The number of rotatable bonds is 7. The lowest BCUT2D eigenvalue weighted by Crippen LogP contribution is -2.31. The van der Waals surface area contributed by atoms with Gasteiger partial charge in [-0.2, -0.15) is 0 Å². The van der Waals surface area contributed by atoms with E-state index in [-0.39, 0.29) is 17.2 Å². The van der Waals surface area contributed by atoms with Crippen LogP contribution in [0.5, 0.6) is 5.75 Å². The number of nitrogens with zero attached hydrogens (tertiary/aromatic N) is 1. The second-order valence-electron chi connectivity index (χ2n) is 6.04. The third-order valence-corrected chi connectivity index (χ3v) is 4.64. The molecule has 0 atom stereocenters. The van der Waals surface area contributed by atoms with Gasteiger partial charge in [0.2, 0.25) is 0 Å². The summed E-state index contributed by atoms with van der Waals surface area (Å²) < 4.78 is 15.0. The molecule has 2 aromatic rings. The quantitative estimate of drug-likeness (QED) is 0.393. The average molecular weight is 416 g/mol. The molecule has 1 heterocycles. The first-order chi connectivity index (χ1) is 14.0. The summed E-state index contributed by atoms with van der Waals surface area (Å²) >= 11 is 6.18. The van der Waals surface area contributed by atoms with E-state index in [2.05, 4.69) is 0 Å². The first-order valence-electron chi connectivity index (χ1n) is 8.67. The van der Waals surface area contributed by atoms with Crippen molar-refractivity contribution in [3.8, 4) is 5.75 Å². The fraction of sp³-hybridized carbons (Fsp3) is 0.190. The zero-order valence-corrected chi connectivity index (χ0v) is 16.6. The first-order valence-corrected chi connectivity index (χ1v) is 9.04. The zero-order valence-electron chi connectivity index (χ0n) is 15.8. The smallest absolute Gasteiger partial charge is 0.338 e. The van der Waals surface area contributed by atoms with Gasteiger partial charge in [0, 0.05) is 7.11 Å². The lowest BCUT2D eigenvalue weighted by Gasteiger charge is -2.15. The van der Waals surface area contributed by atoms with Gasteiger partial charge in [-0.3, -0.25) is 9.59 Å². The van der Waals surface area contributed by atoms with E-state index in [1.807, 2.05) is 0 Å². The Morgan fingerprint density at radius 1 is 0.931 bits per heavy atom. The molecular formula is C21H18ClNO6. The fourth-order valence-electron chi connectivity index (χ4n) is 2.79.